The molecule has 1 fully saturated rings. The van der Waals surface area contributed by atoms with Crippen LogP contribution in [0.25, 0.3) is 0 Å². The van der Waals surface area contributed by atoms with Crippen LogP contribution in [0.5, 0.6) is 5.75 Å². The van der Waals surface area contributed by atoms with Gasteiger partial charge in [0.1, 0.15) is 11.8 Å². The van der Waals surface area contributed by atoms with Gasteiger partial charge in [-0.2, -0.15) is 0 Å². The number of rotatable bonds is 9. The van der Waals surface area contributed by atoms with Gasteiger partial charge in [-0.3, -0.25) is 9.69 Å². The fourth-order valence-corrected chi connectivity index (χ4v) is 3.98. The highest BCUT2D eigenvalue weighted by atomic mass is 16.5. The minimum absolute atomic E-state index is 0.00134. The van der Waals surface area contributed by atoms with E-state index in [9.17, 15) is 9.59 Å². The molecule has 2 aromatic rings. The molecule has 7 nitrogen and oxygen atoms in total. The van der Waals surface area contributed by atoms with Gasteiger partial charge in [-0.05, 0) is 37.6 Å². The van der Waals surface area contributed by atoms with E-state index >= 15 is 0 Å². The monoisotopic (exact) mass is 410 g/mol. The molecular formula is C23H30N4O3. The van der Waals surface area contributed by atoms with Gasteiger partial charge in [0.25, 0.3) is 0 Å². The second-order valence-electron chi connectivity index (χ2n) is 7.50. The molecule has 1 aliphatic heterocycles. The van der Waals surface area contributed by atoms with Crippen molar-refractivity contribution in [3.63, 3.8) is 0 Å². The lowest BCUT2D eigenvalue weighted by Crippen LogP contribution is -2.51. The quantitative estimate of drug-likeness (QED) is 0.591. The van der Waals surface area contributed by atoms with E-state index in [-0.39, 0.29) is 11.9 Å². The Morgan fingerprint density at radius 3 is 2.40 bits per heavy atom. The number of nitrogens with one attached hydrogen (secondary N) is 2. The SMILES string of the molecule is COc1ccccc1[C@@H](CNC(=O)[C@H](Cc1ccccc1)NC(N)=O)N1CCCC1. The van der Waals surface area contributed by atoms with Crippen LogP contribution in [0.2, 0.25) is 0 Å². The fraction of sp³-hybridized carbons (Fsp3) is 0.391. The predicted octanol–water partition coefficient (Wildman–Crippen LogP) is 2.23. The maximum absolute atomic E-state index is 13.0. The third-order valence-electron chi connectivity index (χ3n) is 5.46. The van der Waals surface area contributed by atoms with Gasteiger partial charge >= 0.3 is 6.03 Å². The summed E-state index contributed by atoms with van der Waals surface area (Å²) < 4.78 is 5.56. The third kappa shape index (κ3) is 5.73. The Kier molecular flexibility index (Phi) is 7.68. The number of primary amides is 1. The van der Waals surface area contributed by atoms with Crippen LogP contribution >= 0.6 is 0 Å². The van der Waals surface area contributed by atoms with Crippen LogP contribution in [-0.4, -0.2) is 49.6 Å². The molecule has 3 rings (SSSR count). The number of para-hydroxylation sites is 1. The Balaban J connectivity index is 1.73. The van der Waals surface area contributed by atoms with Crippen LogP contribution in [0.3, 0.4) is 0 Å². The Morgan fingerprint density at radius 2 is 1.73 bits per heavy atom. The molecule has 0 radical (unpaired) electrons. The number of hydrogen-bond acceptors (Lipinski definition) is 4. The first-order chi connectivity index (χ1) is 14.6. The summed E-state index contributed by atoms with van der Waals surface area (Å²) in [5.41, 5.74) is 7.31. The summed E-state index contributed by atoms with van der Waals surface area (Å²) in [6.45, 7) is 2.38. The van der Waals surface area contributed by atoms with Crippen molar-refractivity contribution in [1.29, 1.82) is 0 Å². The van der Waals surface area contributed by atoms with E-state index in [2.05, 4.69) is 15.5 Å². The number of benzene rings is 2. The maximum Gasteiger partial charge on any atom is 0.312 e. The van der Waals surface area contributed by atoms with E-state index in [0.29, 0.717) is 13.0 Å². The van der Waals surface area contributed by atoms with Gasteiger partial charge in [0, 0.05) is 18.5 Å². The lowest BCUT2D eigenvalue weighted by molar-refractivity contribution is -0.123. The lowest BCUT2D eigenvalue weighted by atomic mass is 10.0. The van der Waals surface area contributed by atoms with E-state index in [1.165, 1.54) is 0 Å². The Hall–Kier alpha value is -3.06. The zero-order valence-corrected chi connectivity index (χ0v) is 17.3. The number of urea groups is 1. The first kappa shape index (κ1) is 21.6. The molecule has 0 spiro atoms. The van der Waals surface area contributed by atoms with Crippen molar-refractivity contribution in [3.05, 3.63) is 65.7 Å². The van der Waals surface area contributed by atoms with E-state index in [1.54, 1.807) is 7.11 Å². The summed E-state index contributed by atoms with van der Waals surface area (Å²) in [6.07, 6.45) is 2.65. The van der Waals surface area contributed by atoms with Crippen LogP contribution in [0, 0.1) is 0 Å². The number of methoxy groups -OCH3 is 1. The molecule has 2 aromatic carbocycles. The van der Waals surface area contributed by atoms with Crippen molar-refractivity contribution in [3.8, 4) is 5.75 Å². The van der Waals surface area contributed by atoms with E-state index in [4.69, 9.17) is 10.5 Å². The first-order valence-corrected chi connectivity index (χ1v) is 10.3. The van der Waals surface area contributed by atoms with Crippen LogP contribution in [0.15, 0.2) is 54.6 Å². The minimum Gasteiger partial charge on any atom is -0.496 e. The van der Waals surface area contributed by atoms with Gasteiger partial charge in [0.05, 0.1) is 13.2 Å². The summed E-state index contributed by atoms with van der Waals surface area (Å²) in [4.78, 5) is 26.8. The minimum atomic E-state index is -0.734. The van der Waals surface area contributed by atoms with Crippen LogP contribution in [0.4, 0.5) is 4.79 Å². The second-order valence-corrected chi connectivity index (χ2v) is 7.50. The molecule has 30 heavy (non-hydrogen) atoms. The highest BCUT2D eigenvalue weighted by Crippen LogP contribution is 2.31. The molecular weight excluding hydrogens is 380 g/mol. The van der Waals surface area contributed by atoms with Crippen molar-refractivity contribution >= 4 is 11.9 Å². The molecule has 1 aliphatic rings. The molecule has 0 bridgehead atoms. The van der Waals surface area contributed by atoms with Gasteiger partial charge in [-0.15, -0.1) is 0 Å². The summed E-state index contributed by atoms with van der Waals surface area (Å²) in [5, 5.41) is 5.60. The normalized spacial score (nSPS) is 15.9. The van der Waals surface area contributed by atoms with Crippen molar-refractivity contribution in [2.75, 3.05) is 26.7 Å². The van der Waals surface area contributed by atoms with Gasteiger partial charge in [0.2, 0.25) is 5.91 Å². The molecule has 7 heteroatoms. The molecule has 0 unspecified atom stereocenters. The molecule has 0 saturated carbocycles. The third-order valence-corrected chi connectivity index (χ3v) is 5.46. The Morgan fingerprint density at radius 1 is 1.07 bits per heavy atom. The fourth-order valence-electron chi connectivity index (χ4n) is 3.98. The topological polar surface area (TPSA) is 96.7 Å². The summed E-state index contributed by atoms with van der Waals surface area (Å²) >= 11 is 0. The predicted molar refractivity (Wildman–Crippen MR) is 116 cm³/mol. The van der Waals surface area contributed by atoms with Gasteiger partial charge in [0.15, 0.2) is 0 Å². The van der Waals surface area contributed by atoms with Gasteiger partial charge in [-0.1, -0.05) is 48.5 Å². The lowest BCUT2D eigenvalue weighted by Gasteiger charge is -2.30. The molecule has 4 N–H and O–H groups in total. The zero-order valence-electron chi connectivity index (χ0n) is 17.3. The van der Waals surface area contributed by atoms with Crippen LogP contribution in [-0.2, 0) is 11.2 Å². The van der Waals surface area contributed by atoms with Crippen LogP contribution < -0.4 is 21.1 Å². The van der Waals surface area contributed by atoms with E-state index < -0.39 is 12.1 Å². The van der Waals surface area contributed by atoms with Crippen LogP contribution in [0.1, 0.15) is 30.0 Å². The van der Waals surface area contributed by atoms with E-state index in [1.807, 2.05) is 54.6 Å². The summed E-state index contributed by atoms with van der Waals surface area (Å²) in [5.74, 6) is 0.552. The standard InChI is InChI=1S/C23H30N4O3/c1-30-21-12-6-5-11-18(21)20(27-13-7-8-14-27)16-25-22(28)19(26-23(24)29)15-17-9-3-2-4-10-17/h2-6,9-12,19-20H,7-8,13-16H2,1H3,(H,25,28)(H3,24,26,29)/t19-,20+/m0/s1. The second kappa shape index (κ2) is 10.6. The Bertz CT molecular complexity index is 837. The summed E-state index contributed by atoms with van der Waals surface area (Å²) in [6, 6.07) is 16.0. The number of amides is 3. The molecule has 160 valence electrons. The summed E-state index contributed by atoms with van der Waals surface area (Å²) in [7, 11) is 1.66. The molecule has 1 heterocycles. The van der Waals surface area contributed by atoms with Crippen molar-refractivity contribution in [2.24, 2.45) is 5.73 Å². The first-order valence-electron chi connectivity index (χ1n) is 10.3. The Labute approximate surface area is 177 Å². The van der Waals surface area contributed by atoms with Gasteiger partial charge < -0.3 is 21.1 Å². The average molecular weight is 411 g/mol. The number of likely N-dealkylation sites (tertiary alicyclic amines) is 1. The number of carbonyl (C=O) groups is 2. The number of nitrogens with two attached hydrogens (primary N) is 1. The average Bonchev–Trinajstić information content (AvgIpc) is 3.28. The van der Waals surface area contributed by atoms with E-state index in [0.717, 1.165) is 42.8 Å². The number of carbonyl (C=O) groups excluding carboxylic acids is 2. The highest BCUT2D eigenvalue weighted by Gasteiger charge is 2.28. The molecule has 0 aromatic heterocycles. The smallest absolute Gasteiger partial charge is 0.312 e. The zero-order chi connectivity index (χ0) is 21.3. The van der Waals surface area contributed by atoms with Gasteiger partial charge in [-0.25, -0.2) is 4.79 Å². The number of ether oxygens (including phenoxy) is 1. The van der Waals surface area contributed by atoms with Crippen molar-refractivity contribution < 1.29 is 14.3 Å². The highest BCUT2D eigenvalue weighted by molar-refractivity contribution is 5.86. The van der Waals surface area contributed by atoms with Crippen molar-refractivity contribution in [2.45, 2.75) is 31.3 Å². The number of nitrogens with zero attached hydrogens (tertiary/aromatic N) is 1. The molecule has 2 atom stereocenters. The maximum atomic E-state index is 13.0. The largest absolute Gasteiger partial charge is 0.496 e. The molecule has 0 aliphatic carbocycles. The van der Waals surface area contributed by atoms with Crippen molar-refractivity contribution in [1.82, 2.24) is 15.5 Å². The molecule has 3 amide bonds. The number of hydrogen-bond donors (Lipinski definition) is 3. The molecule has 1 saturated heterocycles.